The first-order valence-corrected chi connectivity index (χ1v) is 9.33. The molecule has 0 aliphatic carbocycles. The van der Waals surface area contributed by atoms with E-state index in [-0.39, 0.29) is 11.8 Å². The molecule has 138 valence electrons. The SMILES string of the molecule is CC(C)c1ccc(CC(=O)N2CCCN(C(=O)c3cc[nH]c3)CC2)cc1. The van der Waals surface area contributed by atoms with E-state index in [4.69, 9.17) is 0 Å². The summed E-state index contributed by atoms with van der Waals surface area (Å²) in [5.41, 5.74) is 3.01. The van der Waals surface area contributed by atoms with Crippen LogP contribution in [0.5, 0.6) is 0 Å². The summed E-state index contributed by atoms with van der Waals surface area (Å²) in [5.74, 6) is 0.664. The van der Waals surface area contributed by atoms with Crippen molar-refractivity contribution < 1.29 is 9.59 Å². The Bertz CT molecular complexity index is 735. The molecule has 5 heteroatoms. The molecule has 1 N–H and O–H groups in total. The lowest BCUT2D eigenvalue weighted by Crippen LogP contribution is -2.37. The van der Waals surface area contributed by atoms with Crippen LogP contribution in [0.25, 0.3) is 0 Å². The molecule has 26 heavy (non-hydrogen) atoms. The lowest BCUT2D eigenvalue weighted by atomic mass is 10.0. The molecule has 0 atom stereocenters. The number of nitrogens with one attached hydrogen (secondary N) is 1. The predicted molar refractivity (Wildman–Crippen MR) is 102 cm³/mol. The molecule has 1 aliphatic heterocycles. The maximum atomic E-state index is 12.7. The molecule has 1 aliphatic rings. The summed E-state index contributed by atoms with van der Waals surface area (Å²) >= 11 is 0. The van der Waals surface area contributed by atoms with E-state index >= 15 is 0 Å². The number of aromatic nitrogens is 1. The van der Waals surface area contributed by atoms with Crippen LogP contribution < -0.4 is 0 Å². The number of nitrogens with zero attached hydrogens (tertiary/aromatic N) is 2. The van der Waals surface area contributed by atoms with Gasteiger partial charge in [0.25, 0.3) is 5.91 Å². The fourth-order valence-electron chi connectivity index (χ4n) is 3.32. The Kier molecular flexibility index (Phi) is 5.76. The molecule has 1 fully saturated rings. The number of H-pyrrole nitrogens is 1. The predicted octanol–water partition coefficient (Wildman–Crippen LogP) is 3.06. The van der Waals surface area contributed by atoms with Gasteiger partial charge in [-0.15, -0.1) is 0 Å². The van der Waals surface area contributed by atoms with Crippen LogP contribution in [0.4, 0.5) is 0 Å². The van der Waals surface area contributed by atoms with Gasteiger partial charge in [-0.1, -0.05) is 38.1 Å². The van der Waals surface area contributed by atoms with Crippen LogP contribution in [-0.4, -0.2) is 52.8 Å². The van der Waals surface area contributed by atoms with Gasteiger partial charge in [-0.05, 0) is 29.5 Å². The molecule has 5 nitrogen and oxygen atoms in total. The van der Waals surface area contributed by atoms with E-state index in [9.17, 15) is 9.59 Å². The van der Waals surface area contributed by atoms with Crippen LogP contribution in [0, 0.1) is 0 Å². The van der Waals surface area contributed by atoms with E-state index in [1.807, 2.05) is 21.9 Å². The van der Waals surface area contributed by atoms with Crippen molar-refractivity contribution in [1.29, 1.82) is 0 Å². The van der Waals surface area contributed by atoms with E-state index in [2.05, 4.69) is 31.0 Å². The fraction of sp³-hybridized carbons (Fsp3) is 0.429. The van der Waals surface area contributed by atoms with Crippen molar-refractivity contribution in [2.24, 2.45) is 0 Å². The van der Waals surface area contributed by atoms with Crippen molar-refractivity contribution in [2.45, 2.75) is 32.6 Å². The summed E-state index contributed by atoms with van der Waals surface area (Å²) in [4.78, 5) is 31.8. The van der Waals surface area contributed by atoms with Gasteiger partial charge in [0, 0.05) is 38.6 Å². The van der Waals surface area contributed by atoms with Crippen molar-refractivity contribution in [3.63, 3.8) is 0 Å². The number of hydrogen-bond donors (Lipinski definition) is 1. The number of carbonyl (C=O) groups is 2. The highest BCUT2D eigenvalue weighted by Crippen LogP contribution is 2.16. The van der Waals surface area contributed by atoms with Crippen LogP contribution in [0.3, 0.4) is 0 Å². The Hall–Kier alpha value is -2.56. The number of carbonyl (C=O) groups excluding carboxylic acids is 2. The summed E-state index contributed by atoms with van der Waals surface area (Å²) < 4.78 is 0. The zero-order valence-electron chi connectivity index (χ0n) is 15.6. The summed E-state index contributed by atoms with van der Waals surface area (Å²) in [6.07, 6.45) is 4.71. The van der Waals surface area contributed by atoms with Crippen molar-refractivity contribution in [3.05, 3.63) is 59.4 Å². The lowest BCUT2D eigenvalue weighted by molar-refractivity contribution is -0.130. The Labute approximate surface area is 155 Å². The first kappa shape index (κ1) is 18.2. The summed E-state index contributed by atoms with van der Waals surface area (Å²) in [6, 6.07) is 10.1. The molecule has 0 saturated carbocycles. The van der Waals surface area contributed by atoms with Crippen LogP contribution in [-0.2, 0) is 11.2 Å². The number of amides is 2. The highest BCUT2D eigenvalue weighted by Gasteiger charge is 2.23. The molecule has 1 aromatic heterocycles. The zero-order chi connectivity index (χ0) is 18.5. The molecule has 3 rings (SSSR count). The van der Waals surface area contributed by atoms with E-state index in [1.54, 1.807) is 18.5 Å². The van der Waals surface area contributed by atoms with Gasteiger partial charge in [0.05, 0.1) is 12.0 Å². The molecular weight excluding hydrogens is 326 g/mol. The van der Waals surface area contributed by atoms with Gasteiger partial charge in [-0.25, -0.2) is 0 Å². The maximum absolute atomic E-state index is 12.7. The monoisotopic (exact) mass is 353 g/mol. The number of hydrogen-bond acceptors (Lipinski definition) is 2. The van der Waals surface area contributed by atoms with Crippen molar-refractivity contribution in [2.75, 3.05) is 26.2 Å². The summed E-state index contributed by atoms with van der Waals surface area (Å²) in [5, 5.41) is 0. The average Bonchev–Trinajstić information content (AvgIpc) is 3.06. The quantitative estimate of drug-likeness (QED) is 0.918. The molecule has 2 amide bonds. The Morgan fingerprint density at radius 2 is 1.69 bits per heavy atom. The van der Waals surface area contributed by atoms with E-state index in [1.165, 1.54) is 5.56 Å². The third-order valence-corrected chi connectivity index (χ3v) is 4.98. The molecule has 1 aromatic carbocycles. The van der Waals surface area contributed by atoms with Gasteiger partial charge in [-0.2, -0.15) is 0 Å². The summed E-state index contributed by atoms with van der Waals surface area (Å²) in [7, 11) is 0. The first-order valence-electron chi connectivity index (χ1n) is 9.33. The van der Waals surface area contributed by atoms with Gasteiger partial charge < -0.3 is 14.8 Å². The van der Waals surface area contributed by atoms with Gasteiger partial charge >= 0.3 is 0 Å². The first-order chi connectivity index (χ1) is 12.5. The molecular formula is C21H27N3O2. The minimum atomic E-state index is 0.0322. The largest absolute Gasteiger partial charge is 0.367 e. The number of aromatic amines is 1. The fourth-order valence-corrected chi connectivity index (χ4v) is 3.32. The topological polar surface area (TPSA) is 56.4 Å². The van der Waals surface area contributed by atoms with Crippen molar-refractivity contribution in [3.8, 4) is 0 Å². The van der Waals surface area contributed by atoms with Gasteiger partial charge in [0.1, 0.15) is 0 Å². The second-order valence-electron chi connectivity index (χ2n) is 7.20. The van der Waals surface area contributed by atoms with Crippen LogP contribution in [0.2, 0.25) is 0 Å². The Morgan fingerprint density at radius 1 is 1.00 bits per heavy atom. The molecule has 0 unspecified atom stereocenters. The van der Waals surface area contributed by atoms with Gasteiger partial charge in [0.15, 0.2) is 0 Å². The molecule has 0 bridgehead atoms. The third kappa shape index (κ3) is 4.34. The number of benzene rings is 1. The van der Waals surface area contributed by atoms with E-state index in [0.29, 0.717) is 44.1 Å². The number of rotatable bonds is 4. The van der Waals surface area contributed by atoms with Crippen LogP contribution in [0.1, 0.15) is 47.7 Å². The van der Waals surface area contributed by atoms with E-state index in [0.717, 1.165) is 12.0 Å². The average molecular weight is 353 g/mol. The molecule has 0 spiro atoms. The standard InChI is InChI=1S/C21H27N3O2/c1-16(2)18-6-4-17(5-7-18)14-20(25)23-10-3-11-24(13-12-23)21(26)19-8-9-22-15-19/h4-9,15-16,22H,3,10-14H2,1-2H3. The Morgan fingerprint density at radius 3 is 2.35 bits per heavy atom. The molecule has 2 heterocycles. The lowest BCUT2D eigenvalue weighted by Gasteiger charge is -2.22. The van der Waals surface area contributed by atoms with Crippen molar-refractivity contribution >= 4 is 11.8 Å². The van der Waals surface area contributed by atoms with E-state index < -0.39 is 0 Å². The van der Waals surface area contributed by atoms with Crippen molar-refractivity contribution in [1.82, 2.24) is 14.8 Å². The normalized spacial score (nSPS) is 15.2. The van der Waals surface area contributed by atoms with Gasteiger partial charge in [-0.3, -0.25) is 9.59 Å². The zero-order valence-corrected chi connectivity index (χ0v) is 15.6. The molecule has 2 aromatic rings. The minimum Gasteiger partial charge on any atom is -0.367 e. The Balaban J connectivity index is 1.56. The highest BCUT2D eigenvalue weighted by molar-refractivity contribution is 5.94. The second-order valence-corrected chi connectivity index (χ2v) is 7.20. The molecule has 0 radical (unpaired) electrons. The van der Waals surface area contributed by atoms with Crippen LogP contribution in [0.15, 0.2) is 42.7 Å². The maximum Gasteiger partial charge on any atom is 0.255 e. The minimum absolute atomic E-state index is 0.0322. The summed E-state index contributed by atoms with van der Waals surface area (Å²) in [6.45, 7) is 6.91. The highest BCUT2D eigenvalue weighted by atomic mass is 16.2. The van der Waals surface area contributed by atoms with Gasteiger partial charge in [0.2, 0.25) is 5.91 Å². The van der Waals surface area contributed by atoms with Crippen LogP contribution >= 0.6 is 0 Å². The second kappa shape index (κ2) is 8.21. The smallest absolute Gasteiger partial charge is 0.255 e. The third-order valence-electron chi connectivity index (χ3n) is 4.98. The molecule has 1 saturated heterocycles.